The van der Waals surface area contributed by atoms with Crippen LogP contribution in [-0.4, -0.2) is 12.9 Å². The quantitative estimate of drug-likeness (QED) is 0.541. The van der Waals surface area contributed by atoms with Crippen molar-refractivity contribution in [2.45, 2.75) is 25.7 Å². The van der Waals surface area contributed by atoms with Gasteiger partial charge in [-0.15, -0.1) is 0 Å². The van der Waals surface area contributed by atoms with Crippen molar-refractivity contribution in [1.29, 1.82) is 5.26 Å². The van der Waals surface area contributed by atoms with Crippen molar-refractivity contribution in [1.82, 2.24) is 0 Å². The van der Waals surface area contributed by atoms with Gasteiger partial charge in [0, 0.05) is 16.3 Å². The second-order valence-corrected chi connectivity index (χ2v) is 5.57. The first-order valence-corrected chi connectivity index (χ1v) is 7.42. The molecule has 0 fully saturated rings. The molecule has 18 heavy (non-hydrogen) atoms. The minimum Gasteiger partial charge on any atom is -0.495 e. The van der Waals surface area contributed by atoms with Gasteiger partial charge in [0.1, 0.15) is 11.2 Å². The average molecular weight is 304 g/mol. The number of thioether (sulfide) groups is 1. The number of ether oxygens (including phenoxy) is 1. The van der Waals surface area contributed by atoms with Crippen LogP contribution >= 0.6 is 35.0 Å². The molecule has 2 nitrogen and oxygen atoms in total. The highest BCUT2D eigenvalue weighted by atomic mass is 35.5. The van der Waals surface area contributed by atoms with Crippen LogP contribution in [0.4, 0.5) is 0 Å². The molecule has 0 bridgehead atoms. The van der Waals surface area contributed by atoms with Gasteiger partial charge in [0.2, 0.25) is 0 Å². The first-order chi connectivity index (χ1) is 8.63. The third-order valence-electron chi connectivity index (χ3n) is 2.81. The van der Waals surface area contributed by atoms with Crippen molar-refractivity contribution in [2.75, 3.05) is 12.9 Å². The van der Waals surface area contributed by atoms with Crippen LogP contribution in [0.2, 0.25) is 10.0 Å². The Kier molecular flexibility index (Phi) is 6.70. The van der Waals surface area contributed by atoms with Crippen LogP contribution in [0.25, 0.3) is 0 Å². The van der Waals surface area contributed by atoms with E-state index in [1.54, 1.807) is 13.2 Å². The molecule has 5 heteroatoms. The van der Waals surface area contributed by atoms with Crippen molar-refractivity contribution in [3.8, 4) is 11.2 Å². The molecule has 1 aromatic carbocycles. The van der Waals surface area contributed by atoms with Gasteiger partial charge in [-0.1, -0.05) is 30.1 Å². The maximum absolute atomic E-state index is 8.56. The van der Waals surface area contributed by atoms with Gasteiger partial charge in [-0.05, 0) is 42.7 Å². The Morgan fingerprint density at radius 2 is 2.17 bits per heavy atom. The van der Waals surface area contributed by atoms with Gasteiger partial charge in [-0.25, -0.2) is 0 Å². The Balaban J connectivity index is 3.00. The van der Waals surface area contributed by atoms with E-state index in [0.717, 1.165) is 24.2 Å². The fourth-order valence-corrected chi connectivity index (χ4v) is 3.01. The highest BCUT2D eigenvalue weighted by Gasteiger charge is 2.18. The zero-order valence-corrected chi connectivity index (χ0v) is 12.7. The first kappa shape index (κ1) is 15.5. The molecular weight excluding hydrogens is 289 g/mol. The van der Waals surface area contributed by atoms with Gasteiger partial charge in [-0.2, -0.15) is 5.26 Å². The Labute approximate surface area is 122 Å². The lowest BCUT2D eigenvalue weighted by Gasteiger charge is -2.19. The summed E-state index contributed by atoms with van der Waals surface area (Å²) in [5.41, 5.74) is 1.02. The molecule has 98 valence electrons. The number of methoxy groups -OCH3 is 1. The molecule has 0 N–H and O–H groups in total. The van der Waals surface area contributed by atoms with Gasteiger partial charge >= 0.3 is 0 Å². The molecular formula is C13H15Cl2NOS. The van der Waals surface area contributed by atoms with E-state index in [1.807, 2.05) is 6.07 Å². The fourth-order valence-electron chi connectivity index (χ4n) is 1.93. The number of nitrogens with zero attached hydrogens (tertiary/aromatic N) is 1. The zero-order valence-electron chi connectivity index (χ0n) is 10.4. The standard InChI is InChI=1S/C13H15Cl2NOS/c1-3-9(4-5-18-8-16)11-6-10(14)7-12(15)13(11)17-2/h6-7,9H,3-5H2,1-2H3. The average Bonchev–Trinajstić information content (AvgIpc) is 2.34. The van der Waals surface area contributed by atoms with Crippen LogP contribution in [0.3, 0.4) is 0 Å². The topological polar surface area (TPSA) is 33.0 Å². The first-order valence-electron chi connectivity index (χ1n) is 5.67. The summed E-state index contributed by atoms with van der Waals surface area (Å²) in [6.45, 7) is 2.11. The van der Waals surface area contributed by atoms with Crippen LogP contribution < -0.4 is 4.74 Å². The third-order valence-corrected chi connectivity index (χ3v) is 3.87. The highest BCUT2D eigenvalue weighted by Crippen LogP contribution is 2.39. The molecule has 1 rings (SSSR count). The van der Waals surface area contributed by atoms with Crippen LogP contribution in [0.5, 0.6) is 5.75 Å². The summed E-state index contributed by atoms with van der Waals surface area (Å²) < 4.78 is 5.36. The Morgan fingerprint density at radius 1 is 1.44 bits per heavy atom. The van der Waals surface area contributed by atoms with E-state index in [0.29, 0.717) is 21.7 Å². The largest absolute Gasteiger partial charge is 0.495 e. The van der Waals surface area contributed by atoms with Crippen LogP contribution in [-0.2, 0) is 0 Å². The molecule has 0 spiro atoms. The molecule has 0 aromatic heterocycles. The summed E-state index contributed by atoms with van der Waals surface area (Å²) in [6, 6.07) is 3.58. The fraction of sp³-hybridized carbons (Fsp3) is 0.462. The molecule has 0 radical (unpaired) electrons. The Morgan fingerprint density at radius 3 is 2.72 bits per heavy atom. The minimum atomic E-state index is 0.303. The van der Waals surface area contributed by atoms with Gasteiger partial charge in [0.25, 0.3) is 0 Å². The normalized spacial score (nSPS) is 11.9. The zero-order chi connectivity index (χ0) is 13.5. The van der Waals surface area contributed by atoms with Crippen molar-refractivity contribution >= 4 is 35.0 Å². The van der Waals surface area contributed by atoms with Crippen molar-refractivity contribution < 1.29 is 4.74 Å². The molecule has 0 amide bonds. The van der Waals surface area contributed by atoms with Crippen molar-refractivity contribution in [3.05, 3.63) is 27.7 Å². The summed E-state index contributed by atoms with van der Waals surface area (Å²) in [4.78, 5) is 0. The van der Waals surface area contributed by atoms with Gasteiger partial charge in [-0.3, -0.25) is 0 Å². The number of rotatable bonds is 6. The lowest BCUT2D eigenvalue weighted by atomic mass is 9.93. The predicted octanol–water partition coefficient (Wildman–Crippen LogP) is 5.10. The number of nitriles is 1. The summed E-state index contributed by atoms with van der Waals surface area (Å²) in [6.07, 6.45) is 1.86. The van der Waals surface area contributed by atoms with E-state index in [2.05, 4.69) is 12.3 Å². The SMILES string of the molecule is CCC(CCSC#N)c1cc(Cl)cc(Cl)c1OC. The summed E-state index contributed by atoms with van der Waals surface area (Å²) in [5.74, 6) is 1.79. The van der Waals surface area contributed by atoms with Gasteiger partial charge in [0.15, 0.2) is 0 Å². The summed E-state index contributed by atoms with van der Waals surface area (Å²) >= 11 is 13.4. The summed E-state index contributed by atoms with van der Waals surface area (Å²) in [7, 11) is 1.61. The maximum Gasteiger partial charge on any atom is 0.141 e. The molecule has 1 aromatic rings. The van der Waals surface area contributed by atoms with Crippen molar-refractivity contribution in [2.24, 2.45) is 0 Å². The number of hydrogen-bond acceptors (Lipinski definition) is 3. The van der Waals surface area contributed by atoms with E-state index >= 15 is 0 Å². The van der Waals surface area contributed by atoms with E-state index in [9.17, 15) is 0 Å². The van der Waals surface area contributed by atoms with Crippen LogP contribution in [0, 0.1) is 10.7 Å². The second kappa shape index (κ2) is 7.78. The van der Waals surface area contributed by atoms with Crippen molar-refractivity contribution in [3.63, 3.8) is 0 Å². The monoisotopic (exact) mass is 303 g/mol. The third kappa shape index (κ3) is 3.98. The molecule has 0 aliphatic rings. The minimum absolute atomic E-state index is 0.303. The second-order valence-electron chi connectivity index (χ2n) is 3.84. The molecule has 0 heterocycles. The number of thiocyanates is 1. The molecule has 0 saturated heterocycles. The lowest BCUT2D eigenvalue weighted by molar-refractivity contribution is 0.404. The molecule has 0 saturated carbocycles. The van der Waals surface area contributed by atoms with E-state index in [-0.39, 0.29) is 0 Å². The molecule has 0 aliphatic carbocycles. The predicted molar refractivity (Wildman–Crippen MR) is 78.7 cm³/mol. The number of halogens is 2. The number of benzene rings is 1. The van der Waals surface area contributed by atoms with E-state index < -0.39 is 0 Å². The van der Waals surface area contributed by atoms with Gasteiger partial charge < -0.3 is 4.74 Å². The van der Waals surface area contributed by atoms with E-state index in [1.165, 1.54) is 11.8 Å². The molecule has 0 aliphatic heterocycles. The van der Waals surface area contributed by atoms with Crippen LogP contribution in [0.15, 0.2) is 12.1 Å². The van der Waals surface area contributed by atoms with E-state index in [4.69, 9.17) is 33.2 Å². The number of hydrogen-bond donors (Lipinski definition) is 0. The highest BCUT2D eigenvalue weighted by molar-refractivity contribution is 8.03. The van der Waals surface area contributed by atoms with Crippen LogP contribution in [0.1, 0.15) is 31.2 Å². The maximum atomic E-state index is 8.56. The summed E-state index contributed by atoms with van der Waals surface area (Å²) in [5, 5.41) is 11.8. The lowest BCUT2D eigenvalue weighted by Crippen LogP contribution is -2.02. The smallest absolute Gasteiger partial charge is 0.141 e. The van der Waals surface area contributed by atoms with Gasteiger partial charge in [0.05, 0.1) is 12.1 Å². The molecule has 1 atom stereocenters. The Bertz CT molecular complexity index is 445. The molecule has 1 unspecified atom stereocenters. The Hall–Kier alpha value is -0.560.